The van der Waals surface area contributed by atoms with Crippen LogP contribution in [0, 0.1) is 5.82 Å². The molecule has 4 rings (SSSR count). The van der Waals surface area contributed by atoms with Crippen molar-refractivity contribution < 1.29 is 14.0 Å². The highest BCUT2D eigenvalue weighted by Gasteiger charge is 2.22. The van der Waals surface area contributed by atoms with Crippen LogP contribution in [0.4, 0.5) is 10.1 Å². The lowest BCUT2D eigenvalue weighted by atomic mass is 10.1. The number of amides is 2. The zero-order valence-electron chi connectivity index (χ0n) is 15.2. The maximum atomic E-state index is 13.9. The largest absolute Gasteiger partial charge is 0.348 e. The van der Waals surface area contributed by atoms with Crippen LogP contribution in [0.25, 0.3) is 6.08 Å². The molecule has 1 aliphatic rings. The summed E-state index contributed by atoms with van der Waals surface area (Å²) in [5, 5.41) is 5.61. The van der Waals surface area contributed by atoms with Gasteiger partial charge in [-0.15, -0.1) is 0 Å². The summed E-state index contributed by atoms with van der Waals surface area (Å²) in [7, 11) is 0. The molecule has 0 radical (unpaired) electrons. The Hall–Kier alpha value is -3.45. The summed E-state index contributed by atoms with van der Waals surface area (Å²) in [6.45, 7) is 0.362. The summed E-state index contributed by atoms with van der Waals surface area (Å²) in [6.07, 6.45) is 4.88. The first-order valence-corrected chi connectivity index (χ1v) is 9.68. The minimum atomic E-state index is -0.389. The van der Waals surface area contributed by atoms with Crippen LogP contribution in [-0.4, -0.2) is 16.8 Å². The Morgan fingerprint density at radius 3 is 2.83 bits per heavy atom. The van der Waals surface area contributed by atoms with Gasteiger partial charge < -0.3 is 10.6 Å². The molecule has 144 valence electrons. The normalized spacial score (nSPS) is 14.2. The maximum absolute atomic E-state index is 13.9. The molecule has 2 aromatic carbocycles. The molecule has 1 aliphatic heterocycles. The smallest absolute Gasteiger partial charge is 0.262 e. The van der Waals surface area contributed by atoms with Crippen molar-refractivity contribution in [2.75, 3.05) is 5.32 Å². The number of hydrogen-bond acceptors (Lipinski definition) is 4. The highest BCUT2D eigenvalue weighted by molar-refractivity contribution is 8.04. The van der Waals surface area contributed by atoms with Crippen molar-refractivity contribution in [1.29, 1.82) is 0 Å². The van der Waals surface area contributed by atoms with Gasteiger partial charge in [-0.2, -0.15) is 0 Å². The van der Waals surface area contributed by atoms with Crippen LogP contribution < -0.4 is 10.6 Å². The molecule has 0 fully saturated rings. The number of carbonyl (C=O) groups excluding carboxylic acids is 2. The van der Waals surface area contributed by atoms with E-state index in [1.807, 2.05) is 6.07 Å². The van der Waals surface area contributed by atoms with Gasteiger partial charge in [0, 0.05) is 35.0 Å². The third-order valence-corrected chi connectivity index (χ3v) is 5.40. The second-order valence-corrected chi connectivity index (χ2v) is 7.42. The topological polar surface area (TPSA) is 71.1 Å². The van der Waals surface area contributed by atoms with Gasteiger partial charge in [-0.25, -0.2) is 4.39 Å². The lowest BCUT2D eigenvalue weighted by molar-refractivity contribution is -0.112. The Morgan fingerprint density at radius 1 is 1.17 bits per heavy atom. The Morgan fingerprint density at radius 2 is 2.03 bits per heavy atom. The summed E-state index contributed by atoms with van der Waals surface area (Å²) < 4.78 is 13.9. The zero-order chi connectivity index (χ0) is 20.2. The molecule has 29 heavy (non-hydrogen) atoms. The van der Waals surface area contributed by atoms with Crippen molar-refractivity contribution in [3.05, 3.63) is 94.4 Å². The molecule has 0 aliphatic carbocycles. The SMILES string of the molecule is O=C1Nc2cc(C(=O)NCc3cccnc3)ccc2SC1=Cc1ccccc1F. The van der Waals surface area contributed by atoms with Gasteiger partial charge >= 0.3 is 0 Å². The van der Waals surface area contributed by atoms with Gasteiger partial charge in [0.05, 0.1) is 10.6 Å². The summed E-state index contributed by atoms with van der Waals surface area (Å²) in [6, 6.07) is 15.1. The van der Waals surface area contributed by atoms with Gasteiger partial charge in [0.1, 0.15) is 5.82 Å². The monoisotopic (exact) mass is 405 g/mol. The Balaban J connectivity index is 1.50. The fourth-order valence-corrected chi connectivity index (χ4v) is 3.74. The summed E-state index contributed by atoms with van der Waals surface area (Å²) in [4.78, 5) is 30.0. The number of fused-ring (bicyclic) bond motifs is 1. The molecule has 0 saturated carbocycles. The zero-order valence-corrected chi connectivity index (χ0v) is 16.0. The second kappa shape index (κ2) is 8.28. The molecule has 0 unspecified atom stereocenters. The fraction of sp³-hybridized carbons (Fsp3) is 0.0455. The first kappa shape index (κ1) is 18.9. The molecule has 2 amide bonds. The van der Waals surface area contributed by atoms with Crippen LogP contribution in [0.15, 0.2) is 76.8 Å². The van der Waals surface area contributed by atoms with Crippen molar-refractivity contribution >= 4 is 35.3 Å². The summed E-state index contributed by atoms with van der Waals surface area (Å²) >= 11 is 1.24. The van der Waals surface area contributed by atoms with Crippen molar-refractivity contribution in [3.63, 3.8) is 0 Å². The average Bonchev–Trinajstić information content (AvgIpc) is 2.74. The molecule has 0 bridgehead atoms. The molecular weight excluding hydrogens is 389 g/mol. The lowest BCUT2D eigenvalue weighted by Crippen LogP contribution is -2.24. The van der Waals surface area contributed by atoms with E-state index in [0.29, 0.717) is 28.3 Å². The van der Waals surface area contributed by atoms with Crippen molar-refractivity contribution in [2.45, 2.75) is 11.4 Å². The molecule has 0 atom stereocenters. The number of hydrogen-bond donors (Lipinski definition) is 2. The number of nitrogens with zero attached hydrogens (tertiary/aromatic N) is 1. The lowest BCUT2D eigenvalue weighted by Gasteiger charge is -2.19. The molecule has 0 saturated heterocycles. The number of aromatic nitrogens is 1. The minimum Gasteiger partial charge on any atom is -0.348 e. The molecule has 5 nitrogen and oxygen atoms in total. The first-order chi connectivity index (χ1) is 14.1. The van der Waals surface area contributed by atoms with Gasteiger partial charge in [0.25, 0.3) is 11.8 Å². The number of carbonyl (C=O) groups is 2. The van der Waals surface area contributed by atoms with Gasteiger partial charge in [0.15, 0.2) is 0 Å². The number of thioether (sulfide) groups is 1. The predicted octanol–water partition coefficient (Wildman–Crippen LogP) is 4.24. The van der Waals surface area contributed by atoms with Crippen LogP contribution in [0.3, 0.4) is 0 Å². The van der Waals surface area contributed by atoms with E-state index in [1.165, 1.54) is 23.9 Å². The minimum absolute atomic E-state index is 0.247. The first-order valence-electron chi connectivity index (χ1n) is 8.87. The fourth-order valence-electron chi connectivity index (χ4n) is 2.82. The number of halogens is 1. The van der Waals surface area contributed by atoms with Gasteiger partial charge in [-0.1, -0.05) is 36.0 Å². The van der Waals surface area contributed by atoms with E-state index in [4.69, 9.17) is 0 Å². The number of pyridine rings is 1. The standard InChI is InChI=1S/C22H16FN3O2S/c23-17-6-2-1-5-15(17)11-20-22(28)26-18-10-16(7-8-19(18)29-20)21(27)25-13-14-4-3-9-24-12-14/h1-12H,13H2,(H,25,27)(H,26,28). The second-order valence-electron chi connectivity index (χ2n) is 6.34. The van der Waals surface area contributed by atoms with Crippen molar-refractivity contribution in [3.8, 4) is 0 Å². The quantitative estimate of drug-likeness (QED) is 0.637. The van der Waals surface area contributed by atoms with E-state index >= 15 is 0 Å². The van der Waals surface area contributed by atoms with Gasteiger partial charge in [-0.3, -0.25) is 14.6 Å². The highest BCUT2D eigenvalue weighted by atomic mass is 32.2. The van der Waals surface area contributed by atoms with E-state index in [9.17, 15) is 14.0 Å². The van der Waals surface area contributed by atoms with Crippen LogP contribution in [0.2, 0.25) is 0 Å². The molecule has 2 heterocycles. The third kappa shape index (κ3) is 4.35. The van der Waals surface area contributed by atoms with Crippen molar-refractivity contribution in [2.24, 2.45) is 0 Å². The number of rotatable bonds is 4. The van der Waals surface area contributed by atoms with Gasteiger partial charge in [0.2, 0.25) is 0 Å². The Kier molecular flexibility index (Phi) is 5.39. The summed E-state index contributed by atoms with van der Waals surface area (Å²) in [5.74, 6) is -0.970. The molecule has 1 aromatic heterocycles. The van der Waals surface area contributed by atoms with Crippen LogP contribution >= 0.6 is 11.8 Å². The molecule has 7 heteroatoms. The molecule has 3 aromatic rings. The molecule has 0 spiro atoms. The number of benzene rings is 2. The molecule has 2 N–H and O–H groups in total. The van der Waals surface area contributed by atoms with Crippen LogP contribution in [0.1, 0.15) is 21.5 Å². The van der Waals surface area contributed by atoms with E-state index < -0.39 is 0 Å². The van der Waals surface area contributed by atoms with Crippen LogP contribution in [0.5, 0.6) is 0 Å². The number of anilines is 1. The third-order valence-electron chi connectivity index (χ3n) is 4.30. The predicted molar refractivity (Wildman–Crippen MR) is 111 cm³/mol. The van der Waals surface area contributed by atoms with Crippen LogP contribution in [-0.2, 0) is 11.3 Å². The van der Waals surface area contributed by atoms with E-state index in [1.54, 1.807) is 54.9 Å². The van der Waals surface area contributed by atoms with E-state index in [2.05, 4.69) is 15.6 Å². The maximum Gasteiger partial charge on any atom is 0.262 e. The average molecular weight is 405 g/mol. The molecular formula is C22H16FN3O2S. The Bertz CT molecular complexity index is 1120. The van der Waals surface area contributed by atoms with E-state index in [-0.39, 0.29) is 17.6 Å². The van der Waals surface area contributed by atoms with Gasteiger partial charge in [-0.05, 0) is 42.0 Å². The number of nitrogens with one attached hydrogen (secondary N) is 2. The highest BCUT2D eigenvalue weighted by Crippen LogP contribution is 2.39. The Labute approximate surface area is 171 Å². The van der Waals surface area contributed by atoms with Crippen molar-refractivity contribution in [1.82, 2.24) is 10.3 Å². The van der Waals surface area contributed by atoms with E-state index in [0.717, 1.165) is 10.5 Å². The summed E-state index contributed by atoms with van der Waals surface area (Å²) in [5.41, 5.74) is 2.24.